The van der Waals surface area contributed by atoms with E-state index in [9.17, 15) is 9.32 Å². The van der Waals surface area contributed by atoms with E-state index in [1.54, 1.807) is 7.05 Å². The first-order chi connectivity index (χ1) is 10.3. The molecule has 0 radical (unpaired) electrons. The number of rotatable bonds is 3. The van der Waals surface area contributed by atoms with Crippen LogP contribution in [0.3, 0.4) is 0 Å². The lowest BCUT2D eigenvalue weighted by molar-refractivity contribution is -0.0853. The summed E-state index contributed by atoms with van der Waals surface area (Å²) < 4.78 is 17.6. The first-order valence-corrected chi connectivity index (χ1v) is 9.57. The van der Waals surface area contributed by atoms with E-state index < -0.39 is 15.3 Å². The molecule has 3 fully saturated rings. The summed E-state index contributed by atoms with van der Waals surface area (Å²) >= 11 is 0. The molecule has 1 N–H and O–H groups in total. The first kappa shape index (κ1) is 15.8. The Morgan fingerprint density at radius 3 is 2.64 bits per heavy atom. The van der Waals surface area contributed by atoms with Crippen LogP contribution >= 0.6 is 0 Å². The van der Waals surface area contributed by atoms with Crippen LogP contribution in [0, 0.1) is 11.3 Å². The van der Waals surface area contributed by atoms with Gasteiger partial charge in [0.25, 0.3) is 0 Å². The van der Waals surface area contributed by atoms with Crippen molar-refractivity contribution >= 4 is 9.73 Å². The van der Waals surface area contributed by atoms with Crippen molar-refractivity contribution in [3.05, 3.63) is 42.5 Å². The highest BCUT2D eigenvalue weighted by Gasteiger charge is 2.54. The number of hydrogen-bond donors (Lipinski definition) is 1. The molecule has 3 saturated carbocycles. The quantitative estimate of drug-likeness (QED) is 0.865. The van der Waals surface area contributed by atoms with Crippen molar-refractivity contribution in [3.8, 4) is 0 Å². The van der Waals surface area contributed by atoms with Gasteiger partial charge in [-0.1, -0.05) is 37.3 Å². The van der Waals surface area contributed by atoms with Crippen molar-refractivity contribution in [2.24, 2.45) is 15.7 Å². The third-order valence-electron chi connectivity index (χ3n) is 5.42. The smallest absolute Gasteiger partial charge is 0.0844 e. The number of aliphatic hydroxyl groups is 1. The van der Waals surface area contributed by atoms with Gasteiger partial charge in [-0.3, -0.25) is 0 Å². The van der Waals surface area contributed by atoms with Gasteiger partial charge >= 0.3 is 0 Å². The van der Waals surface area contributed by atoms with Crippen molar-refractivity contribution < 1.29 is 9.32 Å². The fourth-order valence-electron chi connectivity index (χ4n) is 4.50. The molecule has 120 valence electrons. The molecular weight excluding hydrogens is 294 g/mol. The van der Waals surface area contributed by atoms with Crippen LogP contribution in [-0.2, 0) is 9.73 Å². The Kier molecular flexibility index (Phi) is 3.73. The summed E-state index contributed by atoms with van der Waals surface area (Å²) in [6.45, 7) is 6.40. The highest BCUT2D eigenvalue weighted by molar-refractivity contribution is 7.93. The van der Waals surface area contributed by atoms with Gasteiger partial charge in [0.2, 0.25) is 0 Å². The Hall–Kier alpha value is -1.13. The van der Waals surface area contributed by atoms with E-state index in [1.807, 2.05) is 30.3 Å². The summed E-state index contributed by atoms with van der Waals surface area (Å²) in [5.41, 5.74) is 0.258. The van der Waals surface area contributed by atoms with Gasteiger partial charge in [-0.25, -0.2) is 8.57 Å². The second-order valence-corrected chi connectivity index (χ2v) is 9.70. The fourth-order valence-corrected chi connectivity index (χ4v) is 6.57. The third kappa shape index (κ3) is 2.52. The van der Waals surface area contributed by atoms with Crippen LogP contribution in [-0.4, -0.2) is 27.7 Å². The van der Waals surface area contributed by atoms with E-state index in [2.05, 4.69) is 17.9 Å². The molecule has 1 aromatic rings. The van der Waals surface area contributed by atoms with Crippen LogP contribution in [0.1, 0.15) is 32.6 Å². The molecule has 3 aliphatic rings. The Labute approximate surface area is 133 Å². The molecule has 4 rings (SSSR count). The molecule has 22 heavy (non-hydrogen) atoms. The maximum atomic E-state index is 13.4. The van der Waals surface area contributed by atoms with E-state index >= 15 is 0 Å². The highest BCUT2D eigenvalue weighted by Crippen LogP contribution is 2.57. The topological polar surface area (TPSA) is 49.7 Å². The predicted octanol–water partition coefficient (Wildman–Crippen LogP) is 3.64. The monoisotopic (exact) mass is 319 g/mol. The number of benzene rings is 1. The summed E-state index contributed by atoms with van der Waals surface area (Å²) in [6.07, 6.45) is 3.74. The van der Waals surface area contributed by atoms with Crippen molar-refractivity contribution in [3.63, 3.8) is 0 Å². The summed E-state index contributed by atoms with van der Waals surface area (Å²) in [7, 11) is -1.01. The molecule has 4 heteroatoms. The minimum absolute atomic E-state index is 0.0561. The average Bonchev–Trinajstić information content (AvgIpc) is 2.46. The zero-order valence-electron chi connectivity index (χ0n) is 13.4. The molecule has 3 aliphatic carbocycles. The molecule has 0 amide bonds. The van der Waals surface area contributed by atoms with Gasteiger partial charge in [0, 0.05) is 17.9 Å². The van der Waals surface area contributed by atoms with Crippen LogP contribution < -0.4 is 0 Å². The lowest BCUT2D eigenvalue weighted by Crippen LogP contribution is -2.55. The minimum atomic E-state index is -2.60. The number of fused-ring (bicyclic) bond motifs is 3. The second-order valence-electron chi connectivity index (χ2n) is 7.30. The van der Waals surface area contributed by atoms with Crippen LogP contribution in [0.25, 0.3) is 0 Å². The molecule has 4 atom stereocenters. The van der Waals surface area contributed by atoms with Gasteiger partial charge in [-0.2, -0.15) is 0 Å². The highest BCUT2D eigenvalue weighted by atomic mass is 32.2. The molecule has 0 saturated heterocycles. The van der Waals surface area contributed by atoms with Gasteiger partial charge in [0.1, 0.15) is 0 Å². The predicted molar refractivity (Wildman–Crippen MR) is 90.2 cm³/mol. The average molecular weight is 319 g/mol. The number of hydrogen-bond acceptors (Lipinski definition) is 3. The lowest BCUT2D eigenvalue weighted by atomic mass is 9.54. The zero-order valence-corrected chi connectivity index (χ0v) is 14.2. The molecular formula is C18H25NO2S. The van der Waals surface area contributed by atoms with Crippen molar-refractivity contribution in [2.45, 2.75) is 43.1 Å². The SMILES string of the molecule is C=C1C[C@]2(C)CC[C@H]1[C@@](O)(C[S@@](=O)(=NC)c1ccccc1)C2. The Morgan fingerprint density at radius 2 is 2.09 bits per heavy atom. The maximum Gasteiger partial charge on any atom is 0.0844 e. The molecule has 1 aromatic carbocycles. The van der Waals surface area contributed by atoms with Gasteiger partial charge in [0.05, 0.1) is 21.1 Å². The van der Waals surface area contributed by atoms with Crippen molar-refractivity contribution in [1.82, 2.24) is 0 Å². The minimum Gasteiger partial charge on any atom is -0.388 e. The maximum absolute atomic E-state index is 13.4. The van der Waals surface area contributed by atoms with Crippen LogP contribution in [0.4, 0.5) is 0 Å². The second kappa shape index (κ2) is 5.20. The van der Waals surface area contributed by atoms with Gasteiger partial charge in [-0.15, -0.1) is 0 Å². The van der Waals surface area contributed by atoms with E-state index in [0.29, 0.717) is 11.3 Å². The Bertz CT molecular complexity index is 705. The number of nitrogens with zero attached hydrogens (tertiary/aromatic N) is 1. The van der Waals surface area contributed by atoms with E-state index in [4.69, 9.17) is 0 Å². The van der Waals surface area contributed by atoms with Crippen LogP contribution in [0.5, 0.6) is 0 Å². The van der Waals surface area contributed by atoms with Crippen LogP contribution in [0.2, 0.25) is 0 Å². The van der Waals surface area contributed by atoms with Gasteiger partial charge < -0.3 is 5.11 Å². The summed E-state index contributed by atoms with van der Waals surface area (Å²) in [6, 6.07) is 9.33. The van der Waals surface area contributed by atoms with Crippen molar-refractivity contribution in [2.75, 3.05) is 12.8 Å². The largest absolute Gasteiger partial charge is 0.388 e. The lowest BCUT2D eigenvalue weighted by Gasteiger charge is -2.55. The molecule has 0 spiro atoms. The normalized spacial score (nSPS) is 36.9. The van der Waals surface area contributed by atoms with E-state index in [1.165, 1.54) is 0 Å². The van der Waals surface area contributed by atoms with E-state index in [0.717, 1.165) is 24.8 Å². The fraction of sp³-hybridized carbons (Fsp3) is 0.556. The van der Waals surface area contributed by atoms with Crippen molar-refractivity contribution in [1.29, 1.82) is 0 Å². The Morgan fingerprint density at radius 1 is 1.41 bits per heavy atom. The summed E-state index contributed by atoms with van der Waals surface area (Å²) in [4.78, 5) is 0.711. The van der Waals surface area contributed by atoms with E-state index in [-0.39, 0.29) is 17.1 Å². The van der Waals surface area contributed by atoms with Crippen LogP contribution in [0.15, 0.2) is 51.7 Å². The van der Waals surface area contributed by atoms with Gasteiger partial charge in [0.15, 0.2) is 0 Å². The molecule has 0 aliphatic heterocycles. The molecule has 0 unspecified atom stereocenters. The van der Waals surface area contributed by atoms with Gasteiger partial charge in [-0.05, 0) is 43.2 Å². The third-order valence-corrected chi connectivity index (χ3v) is 7.91. The zero-order chi connectivity index (χ0) is 16.0. The Balaban J connectivity index is 1.98. The first-order valence-electron chi connectivity index (χ1n) is 7.88. The standard InChI is InChI=1S/C18H25NO2S/c1-14-11-17(2)10-9-16(14)18(20,12-17)13-22(21,19-3)15-7-5-4-6-8-15/h4-8,16,20H,1,9-13H2,2-3H3/t16-,17+,18+,22+/m1/s1. The molecule has 3 nitrogen and oxygen atoms in total. The summed E-state index contributed by atoms with van der Waals surface area (Å²) in [5.74, 6) is 0.264. The molecule has 0 aromatic heterocycles. The molecule has 2 bridgehead atoms. The molecule has 0 heterocycles. The summed E-state index contributed by atoms with van der Waals surface area (Å²) in [5, 5.41) is 11.3.